The van der Waals surface area contributed by atoms with E-state index in [1.165, 1.54) is 0 Å². The highest BCUT2D eigenvalue weighted by atomic mass is 15.4. The Bertz CT molecular complexity index is 502. The molecule has 0 aliphatic carbocycles. The molecule has 0 spiro atoms. The zero-order chi connectivity index (χ0) is 15.5. The van der Waals surface area contributed by atoms with Gasteiger partial charge in [-0.25, -0.2) is 9.97 Å². The molecule has 0 bridgehead atoms. The van der Waals surface area contributed by atoms with E-state index < -0.39 is 0 Å². The molecule has 8 heteroatoms. The molecule has 3 aliphatic heterocycles. The Morgan fingerprint density at radius 2 is 1.39 bits per heavy atom. The summed E-state index contributed by atoms with van der Waals surface area (Å²) in [4.78, 5) is 18.2. The molecule has 3 fully saturated rings. The molecule has 1 aromatic heterocycles. The van der Waals surface area contributed by atoms with Crippen LogP contribution in [0.5, 0.6) is 0 Å². The second-order valence-corrected chi connectivity index (χ2v) is 6.66. The van der Waals surface area contributed by atoms with Gasteiger partial charge in [0, 0.05) is 65.4 Å². The van der Waals surface area contributed by atoms with Crippen LogP contribution >= 0.6 is 0 Å². The van der Waals surface area contributed by atoms with E-state index in [2.05, 4.69) is 35.7 Å². The van der Waals surface area contributed by atoms with Gasteiger partial charge in [-0.1, -0.05) is 0 Å². The van der Waals surface area contributed by atoms with Crippen LogP contribution < -0.4 is 25.8 Å². The molecule has 0 amide bonds. The molecule has 126 valence electrons. The second kappa shape index (κ2) is 6.94. The van der Waals surface area contributed by atoms with Crippen LogP contribution in [0.1, 0.15) is 0 Å². The van der Waals surface area contributed by atoms with Gasteiger partial charge in [-0.3, -0.25) is 0 Å². The summed E-state index contributed by atoms with van der Waals surface area (Å²) in [6.07, 6.45) is 1.66. The van der Waals surface area contributed by atoms with E-state index in [0.717, 1.165) is 89.2 Å². The van der Waals surface area contributed by atoms with Gasteiger partial charge in [-0.15, -0.1) is 0 Å². The fourth-order valence-corrected chi connectivity index (χ4v) is 3.77. The van der Waals surface area contributed by atoms with Gasteiger partial charge in [0.1, 0.15) is 6.33 Å². The van der Waals surface area contributed by atoms with Crippen molar-refractivity contribution in [2.75, 3.05) is 75.2 Å². The molecule has 2 atom stereocenters. The van der Waals surface area contributed by atoms with E-state index in [9.17, 15) is 0 Å². The molecule has 8 nitrogen and oxygen atoms in total. The molecule has 0 radical (unpaired) electrons. The Kier molecular flexibility index (Phi) is 4.54. The molecule has 3 aliphatic rings. The number of aromatic nitrogens is 3. The molecular formula is C15H26N8. The Labute approximate surface area is 137 Å². The van der Waals surface area contributed by atoms with Crippen molar-refractivity contribution in [2.24, 2.45) is 11.8 Å². The monoisotopic (exact) mass is 318 g/mol. The van der Waals surface area contributed by atoms with Crippen LogP contribution in [0.2, 0.25) is 0 Å². The zero-order valence-corrected chi connectivity index (χ0v) is 13.5. The van der Waals surface area contributed by atoms with Gasteiger partial charge in [0.25, 0.3) is 0 Å². The summed E-state index contributed by atoms with van der Waals surface area (Å²) in [5.74, 6) is 3.13. The summed E-state index contributed by atoms with van der Waals surface area (Å²) in [7, 11) is 0. The number of rotatable bonds is 2. The standard InChI is InChI=1S/C15H26N8/c1-2-17-4-6-22(5-3-16-1)14-19-11-20-15(21-14)23-9-12-7-18-8-13(12)10-23/h11-13,16-18H,1-10H2/t12-,13+. The van der Waals surface area contributed by atoms with Crippen molar-refractivity contribution in [3.05, 3.63) is 6.33 Å². The maximum absolute atomic E-state index is 4.76. The van der Waals surface area contributed by atoms with Crippen LogP contribution in [0.15, 0.2) is 6.33 Å². The van der Waals surface area contributed by atoms with E-state index in [4.69, 9.17) is 4.98 Å². The zero-order valence-electron chi connectivity index (χ0n) is 13.5. The highest BCUT2D eigenvalue weighted by Gasteiger charge is 2.37. The molecule has 0 aromatic carbocycles. The van der Waals surface area contributed by atoms with Crippen LogP contribution in [-0.2, 0) is 0 Å². The summed E-state index contributed by atoms with van der Waals surface area (Å²) >= 11 is 0. The fourth-order valence-electron chi connectivity index (χ4n) is 3.77. The molecule has 0 saturated carbocycles. The summed E-state index contributed by atoms with van der Waals surface area (Å²) in [5, 5.41) is 10.3. The highest BCUT2D eigenvalue weighted by Crippen LogP contribution is 2.28. The van der Waals surface area contributed by atoms with Crippen molar-refractivity contribution < 1.29 is 0 Å². The lowest BCUT2D eigenvalue weighted by atomic mass is 10.0. The average molecular weight is 318 g/mol. The third-order valence-electron chi connectivity index (χ3n) is 5.10. The lowest BCUT2D eigenvalue weighted by Gasteiger charge is -2.23. The van der Waals surface area contributed by atoms with Crippen molar-refractivity contribution in [1.29, 1.82) is 0 Å². The summed E-state index contributed by atoms with van der Waals surface area (Å²) in [6.45, 7) is 10.2. The highest BCUT2D eigenvalue weighted by molar-refractivity contribution is 5.39. The van der Waals surface area contributed by atoms with Gasteiger partial charge in [0.15, 0.2) is 0 Å². The minimum atomic E-state index is 0.744. The third-order valence-corrected chi connectivity index (χ3v) is 5.10. The smallest absolute Gasteiger partial charge is 0.230 e. The van der Waals surface area contributed by atoms with E-state index in [1.54, 1.807) is 6.33 Å². The van der Waals surface area contributed by atoms with E-state index in [-0.39, 0.29) is 0 Å². The fraction of sp³-hybridized carbons (Fsp3) is 0.800. The summed E-state index contributed by atoms with van der Waals surface area (Å²) in [5.41, 5.74) is 0. The minimum absolute atomic E-state index is 0.744. The van der Waals surface area contributed by atoms with Crippen molar-refractivity contribution >= 4 is 11.9 Å². The first-order chi connectivity index (χ1) is 11.4. The Hall–Kier alpha value is -1.51. The van der Waals surface area contributed by atoms with E-state index >= 15 is 0 Å². The summed E-state index contributed by atoms with van der Waals surface area (Å²) < 4.78 is 0. The maximum atomic E-state index is 4.76. The van der Waals surface area contributed by atoms with Crippen LogP contribution in [0, 0.1) is 11.8 Å². The number of nitrogens with one attached hydrogen (secondary N) is 3. The van der Waals surface area contributed by atoms with Crippen molar-refractivity contribution in [3.63, 3.8) is 0 Å². The molecule has 4 rings (SSSR count). The Morgan fingerprint density at radius 3 is 2.04 bits per heavy atom. The Balaban J connectivity index is 1.47. The molecular weight excluding hydrogens is 292 g/mol. The summed E-state index contributed by atoms with van der Waals surface area (Å²) in [6, 6.07) is 0. The lowest BCUT2D eigenvalue weighted by Crippen LogP contribution is -2.36. The molecule has 1 aromatic rings. The molecule has 4 heterocycles. The van der Waals surface area contributed by atoms with Crippen molar-refractivity contribution in [3.8, 4) is 0 Å². The van der Waals surface area contributed by atoms with E-state index in [1.807, 2.05) is 0 Å². The predicted molar refractivity (Wildman–Crippen MR) is 89.8 cm³/mol. The first kappa shape index (κ1) is 15.0. The van der Waals surface area contributed by atoms with E-state index in [0.29, 0.717) is 0 Å². The maximum Gasteiger partial charge on any atom is 0.230 e. The average Bonchev–Trinajstić information content (AvgIpc) is 3.19. The lowest BCUT2D eigenvalue weighted by molar-refractivity contribution is 0.533. The van der Waals surface area contributed by atoms with Gasteiger partial charge < -0.3 is 25.8 Å². The number of nitrogens with zero attached hydrogens (tertiary/aromatic N) is 5. The number of anilines is 2. The first-order valence-electron chi connectivity index (χ1n) is 8.71. The number of hydrogen-bond donors (Lipinski definition) is 3. The van der Waals surface area contributed by atoms with Gasteiger partial charge in [0.05, 0.1) is 0 Å². The third kappa shape index (κ3) is 3.39. The molecule has 23 heavy (non-hydrogen) atoms. The topological polar surface area (TPSA) is 81.2 Å². The molecule has 3 N–H and O–H groups in total. The van der Waals surface area contributed by atoms with Crippen molar-refractivity contribution in [1.82, 2.24) is 30.9 Å². The predicted octanol–water partition coefficient (Wildman–Crippen LogP) is -1.47. The van der Waals surface area contributed by atoms with Gasteiger partial charge in [-0.05, 0) is 11.8 Å². The SMILES string of the molecule is c1nc(N2CCNCCNCC2)nc(N2C[C@H]3CNC[C@H]3C2)n1. The van der Waals surface area contributed by atoms with Gasteiger partial charge in [0.2, 0.25) is 11.9 Å². The van der Waals surface area contributed by atoms with Gasteiger partial charge in [-0.2, -0.15) is 4.98 Å². The van der Waals surface area contributed by atoms with Crippen LogP contribution in [0.25, 0.3) is 0 Å². The normalized spacial score (nSPS) is 29.0. The first-order valence-corrected chi connectivity index (χ1v) is 8.71. The minimum Gasteiger partial charge on any atom is -0.340 e. The van der Waals surface area contributed by atoms with Crippen LogP contribution in [0.4, 0.5) is 11.9 Å². The molecule has 3 saturated heterocycles. The van der Waals surface area contributed by atoms with Crippen LogP contribution in [-0.4, -0.2) is 80.4 Å². The largest absolute Gasteiger partial charge is 0.340 e. The van der Waals surface area contributed by atoms with Gasteiger partial charge >= 0.3 is 0 Å². The Morgan fingerprint density at radius 1 is 0.783 bits per heavy atom. The second-order valence-electron chi connectivity index (χ2n) is 6.66. The van der Waals surface area contributed by atoms with Crippen molar-refractivity contribution in [2.45, 2.75) is 0 Å². The number of fused-ring (bicyclic) bond motifs is 1. The van der Waals surface area contributed by atoms with Crippen LogP contribution in [0.3, 0.4) is 0 Å². The molecule has 0 unspecified atom stereocenters. The number of hydrogen-bond acceptors (Lipinski definition) is 8. The quantitative estimate of drug-likeness (QED) is 0.610.